The smallest absolute Gasteiger partial charge is 0.101 e. The number of hydrogen-bond donors (Lipinski definition) is 0. The Morgan fingerprint density at radius 1 is 1.60 bits per heavy atom. The molecule has 10 heavy (non-hydrogen) atoms. The lowest BCUT2D eigenvalue weighted by Gasteiger charge is -1.86. The van der Waals surface area contributed by atoms with Gasteiger partial charge in [-0.15, -0.1) is 0 Å². The second-order valence-corrected chi connectivity index (χ2v) is 2.10. The van der Waals surface area contributed by atoms with Crippen molar-refractivity contribution in [3.63, 3.8) is 0 Å². The molecule has 52 valence electrons. The molecule has 2 nitrogen and oxygen atoms in total. The summed E-state index contributed by atoms with van der Waals surface area (Å²) in [6, 6.07) is 1.99. The summed E-state index contributed by atoms with van der Waals surface area (Å²) in [4.78, 5) is 3.48. The first-order valence-electron chi connectivity index (χ1n) is 2.91. The first-order chi connectivity index (χ1) is 4.70. The van der Waals surface area contributed by atoms with Crippen LogP contribution in [0.4, 0.5) is 0 Å². The van der Waals surface area contributed by atoms with E-state index < -0.39 is 0 Å². The maximum Gasteiger partial charge on any atom is 0.101 e. The van der Waals surface area contributed by atoms with Crippen LogP contribution in [0.25, 0.3) is 0 Å². The van der Waals surface area contributed by atoms with Crippen LogP contribution >= 0.6 is 0 Å². The Kier molecular flexibility index (Phi) is 3.90. The third kappa shape index (κ3) is 3.62. The van der Waals surface area contributed by atoms with Crippen LogP contribution in [0.1, 0.15) is 13.8 Å². The van der Waals surface area contributed by atoms with E-state index in [2.05, 4.69) is 11.7 Å². The highest BCUT2D eigenvalue weighted by molar-refractivity contribution is 5.37. The van der Waals surface area contributed by atoms with Gasteiger partial charge in [-0.05, 0) is 26.6 Å². The first kappa shape index (κ1) is 8.64. The molecule has 0 bridgehead atoms. The van der Waals surface area contributed by atoms with Gasteiger partial charge in [-0.25, -0.2) is 0 Å². The van der Waals surface area contributed by atoms with E-state index in [-0.39, 0.29) is 0 Å². The number of aliphatic imine (C=N–C) groups is 1. The summed E-state index contributed by atoms with van der Waals surface area (Å²) in [6.45, 7) is 7.10. The second-order valence-electron chi connectivity index (χ2n) is 2.10. The normalized spacial score (nSPS) is 9.90. The average molecular weight is 134 g/mol. The molecule has 0 aromatic rings. The lowest BCUT2D eigenvalue weighted by Crippen LogP contribution is -1.71. The minimum absolute atomic E-state index is 0.537. The van der Waals surface area contributed by atoms with Crippen molar-refractivity contribution in [3.8, 4) is 6.07 Å². The van der Waals surface area contributed by atoms with Crippen molar-refractivity contribution in [3.05, 3.63) is 23.4 Å². The van der Waals surface area contributed by atoms with Crippen LogP contribution in [-0.2, 0) is 0 Å². The van der Waals surface area contributed by atoms with Crippen LogP contribution in [0.2, 0.25) is 0 Å². The maximum atomic E-state index is 8.46. The predicted molar refractivity (Wildman–Crippen MR) is 42.7 cm³/mol. The predicted octanol–water partition coefficient (Wildman–Crippen LogP) is 2.06. The molecule has 0 heterocycles. The van der Waals surface area contributed by atoms with E-state index in [9.17, 15) is 0 Å². The van der Waals surface area contributed by atoms with E-state index in [0.717, 1.165) is 5.57 Å². The zero-order valence-electron chi connectivity index (χ0n) is 6.26. The van der Waals surface area contributed by atoms with Crippen molar-refractivity contribution in [2.75, 3.05) is 0 Å². The molecule has 0 aliphatic heterocycles. The summed E-state index contributed by atoms with van der Waals surface area (Å²) in [6.07, 6.45) is 3.20. The van der Waals surface area contributed by atoms with Gasteiger partial charge in [0.05, 0.1) is 5.57 Å². The molecule has 0 fully saturated rings. The lowest BCUT2D eigenvalue weighted by molar-refractivity contribution is 1.36. The Hall–Kier alpha value is -1.36. The lowest BCUT2D eigenvalue weighted by atomic mass is 10.2. The Labute approximate surface area is 61.2 Å². The van der Waals surface area contributed by atoms with E-state index in [4.69, 9.17) is 5.26 Å². The van der Waals surface area contributed by atoms with Crippen LogP contribution in [0.5, 0.6) is 0 Å². The molecule has 0 aromatic carbocycles. The van der Waals surface area contributed by atoms with Gasteiger partial charge in [0.25, 0.3) is 0 Å². The van der Waals surface area contributed by atoms with E-state index in [0.29, 0.717) is 5.57 Å². The van der Waals surface area contributed by atoms with E-state index in [1.54, 1.807) is 6.08 Å². The number of allylic oxidation sites excluding steroid dienone is 3. The minimum Gasteiger partial charge on any atom is -0.271 e. The molecular weight excluding hydrogens is 124 g/mol. The third-order valence-electron chi connectivity index (χ3n) is 0.804. The van der Waals surface area contributed by atoms with Gasteiger partial charge in [-0.1, -0.05) is 5.57 Å². The van der Waals surface area contributed by atoms with Crippen LogP contribution in [0, 0.1) is 11.3 Å². The fourth-order valence-electron chi connectivity index (χ4n) is 0.508. The maximum absolute atomic E-state index is 8.46. The molecule has 0 aliphatic carbocycles. The van der Waals surface area contributed by atoms with Crippen LogP contribution in [-0.4, -0.2) is 6.72 Å². The van der Waals surface area contributed by atoms with Gasteiger partial charge in [0.1, 0.15) is 6.07 Å². The number of nitriles is 1. The van der Waals surface area contributed by atoms with Gasteiger partial charge < -0.3 is 0 Å². The SMILES string of the molecule is C=NC=C(C#N)C=C(C)C. The fourth-order valence-corrected chi connectivity index (χ4v) is 0.508. The van der Waals surface area contributed by atoms with Crippen LogP contribution in [0.15, 0.2) is 28.4 Å². The highest BCUT2D eigenvalue weighted by Crippen LogP contribution is 1.99. The highest BCUT2D eigenvalue weighted by Gasteiger charge is 1.86. The molecule has 0 aliphatic rings. The molecule has 0 unspecified atom stereocenters. The molecule has 0 radical (unpaired) electrons. The molecule has 0 saturated carbocycles. The molecule has 2 heteroatoms. The Balaban J connectivity index is 4.42. The Bertz CT molecular complexity index is 212. The standard InChI is InChI=1S/C8H10N2/c1-7(2)4-8(5-9)6-10-3/h4,6H,3H2,1-2H3. The minimum atomic E-state index is 0.537. The molecule has 0 spiro atoms. The van der Waals surface area contributed by atoms with Crippen molar-refractivity contribution < 1.29 is 0 Å². The Morgan fingerprint density at radius 2 is 2.20 bits per heavy atom. The summed E-state index contributed by atoms with van der Waals surface area (Å²) >= 11 is 0. The van der Waals surface area contributed by atoms with Crippen LogP contribution in [0.3, 0.4) is 0 Å². The molecular formula is C8H10N2. The summed E-state index contributed by atoms with van der Waals surface area (Å²) in [7, 11) is 0. The highest BCUT2D eigenvalue weighted by atomic mass is 14.6. The average Bonchev–Trinajstić information content (AvgIpc) is 1.86. The van der Waals surface area contributed by atoms with Crippen molar-refractivity contribution >= 4 is 6.72 Å². The summed E-state index contributed by atoms with van der Waals surface area (Å²) in [5.74, 6) is 0. The number of rotatable bonds is 2. The fraction of sp³-hybridized carbons (Fsp3) is 0.250. The summed E-state index contributed by atoms with van der Waals surface area (Å²) in [5, 5.41) is 8.46. The number of hydrogen-bond acceptors (Lipinski definition) is 2. The van der Waals surface area contributed by atoms with Crippen molar-refractivity contribution in [1.29, 1.82) is 5.26 Å². The third-order valence-corrected chi connectivity index (χ3v) is 0.804. The van der Waals surface area contributed by atoms with Gasteiger partial charge >= 0.3 is 0 Å². The van der Waals surface area contributed by atoms with Gasteiger partial charge in [-0.2, -0.15) is 5.26 Å². The zero-order valence-corrected chi connectivity index (χ0v) is 6.26. The summed E-state index contributed by atoms with van der Waals surface area (Å²) < 4.78 is 0. The molecule has 0 atom stereocenters. The van der Waals surface area contributed by atoms with Gasteiger partial charge in [0.2, 0.25) is 0 Å². The molecule has 0 N–H and O–H groups in total. The van der Waals surface area contributed by atoms with Gasteiger partial charge in [-0.3, -0.25) is 4.99 Å². The molecule has 0 rings (SSSR count). The Morgan fingerprint density at radius 3 is 2.50 bits per heavy atom. The van der Waals surface area contributed by atoms with Gasteiger partial charge in [0, 0.05) is 6.20 Å². The quantitative estimate of drug-likeness (QED) is 0.323. The first-order valence-corrected chi connectivity index (χ1v) is 2.91. The largest absolute Gasteiger partial charge is 0.271 e. The molecule has 0 aromatic heterocycles. The van der Waals surface area contributed by atoms with E-state index in [1.165, 1.54) is 6.20 Å². The second kappa shape index (κ2) is 4.51. The van der Waals surface area contributed by atoms with E-state index in [1.807, 2.05) is 19.9 Å². The molecule has 0 saturated heterocycles. The van der Waals surface area contributed by atoms with E-state index >= 15 is 0 Å². The van der Waals surface area contributed by atoms with Crippen molar-refractivity contribution in [2.45, 2.75) is 13.8 Å². The van der Waals surface area contributed by atoms with Crippen molar-refractivity contribution in [2.24, 2.45) is 4.99 Å². The van der Waals surface area contributed by atoms with Gasteiger partial charge in [0.15, 0.2) is 0 Å². The monoisotopic (exact) mass is 134 g/mol. The topological polar surface area (TPSA) is 36.1 Å². The zero-order chi connectivity index (χ0) is 7.98. The van der Waals surface area contributed by atoms with Crippen molar-refractivity contribution in [1.82, 2.24) is 0 Å². The number of nitrogens with zero attached hydrogens (tertiary/aromatic N) is 2. The summed E-state index contributed by atoms with van der Waals surface area (Å²) in [5.41, 5.74) is 1.62. The van der Waals surface area contributed by atoms with Crippen LogP contribution < -0.4 is 0 Å². The molecule has 0 amide bonds.